The molecule has 2 aliphatic rings. The first kappa shape index (κ1) is 13.1. The minimum Gasteiger partial charge on any atom is -0.339 e. The maximum atomic E-state index is 5.53. The number of hydrogen-bond donors (Lipinski definition) is 1. The summed E-state index contributed by atoms with van der Waals surface area (Å²) in [5.41, 5.74) is 0. The van der Waals surface area contributed by atoms with Gasteiger partial charge in [0.05, 0.1) is 6.04 Å². The fraction of sp³-hybridized carbons (Fsp3) is 0.857. The molecule has 2 aliphatic heterocycles. The molecule has 2 fully saturated rings. The zero-order chi connectivity index (χ0) is 13.2. The van der Waals surface area contributed by atoms with Gasteiger partial charge in [0.15, 0.2) is 5.82 Å². The van der Waals surface area contributed by atoms with Crippen LogP contribution in [0.4, 0.5) is 0 Å². The van der Waals surface area contributed by atoms with Crippen molar-refractivity contribution >= 4 is 0 Å². The number of likely N-dealkylation sites (tertiary alicyclic amines) is 1. The number of nitrogens with one attached hydrogen (secondary N) is 1. The van der Waals surface area contributed by atoms with Gasteiger partial charge in [-0.15, -0.1) is 0 Å². The smallest absolute Gasteiger partial charge is 0.229 e. The van der Waals surface area contributed by atoms with E-state index in [0.717, 1.165) is 50.6 Å². The highest BCUT2D eigenvalue weighted by Crippen LogP contribution is 2.33. The van der Waals surface area contributed by atoms with E-state index in [2.05, 4.69) is 29.2 Å². The number of nitrogens with zero attached hydrogens (tertiary/aromatic N) is 3. The average molecular weight is 264 g/mol. The monoisotopic (exact) mass is 264 g/mol. The molecule has 3 heterocycles. The molecular formula is C14H24N4O. The standard InChI is InChI=1S/C14H24N4O/c1-10(2)18-9-3-4-12(18)13-16-14(19-17-13)11-5-7-15-8-6-11/h10-12,15H,3-9H2,1-2H3. The highest BCUT2D eigenvalue weighted by molar-refractivity contribution is 5.02. The minimum absolute atomic E-state index is 0.360. The van der Waals surface area contributed by atoms with Crippen LogP contribution in [0.2, 0.25) is 0 Å². The first-order chi connectivity index (χ1) is 9.25. The van der Waals surface area contributed by atoms with Gasteiger partial charge in [0.25, 0.3) is 0 Å². The van der Waals surface area contributed by atoms with Gasteiger partial charge in [0.2, 0.25) is 5.89 Å². The van der Waals surface area contributed by atoms with Crippen LogP contribution in [-0.2, 0) is 0 Å². The van der Waals surface area contributed by atoms with E-state index in [1.54, 1.807) is 0 Å². The van der Waals surface area contributed by atoms with E-state index in [1.807, 2.05) is 0 Å². The fourth-order valence-electron chi connectivity index (χ4n) is 3.30. The molecule has 1 unspecified atom stereocenters. The zero-order valence-corrected chi connectivity index (χ0v) is 11.9. The zero-order valence-electron chi connectivity index (χ0n) is 11.9. The second kappa shape index (κ2) is 5.59. The molecule has 0 aromatic carbocycles. The van der Waals surface area contributed by atoms with Gasteiger partial charge in [-0.25, -0.2) is 0 Å². The number of piperidine rings is 1. The van der Waals surface area contributed by atoms with Gasteiger partial charge in [0.1, 0.15) is 0 Å². The highest BCUT2D eigenvalue weighted by Gasteiger charge is 2.32. The lowest BCUT2D eigenvalue weighted by molar-refractivity contribution is 0.195. The lowest BCUT2D eigenvalue weighted by Crippen LogP contribution is -2.30. The van der Waals surface area contributed by atoms with E-state index >= 15 is 0 Å². The molecule has 0 amide bonds. The van der Waals surface area contributed by atoms with E-state index in [9.17, 15) is 0 Å². The highest BCUT2D eigenvalue weighted by atomic mass is 16.5. The van der Waals surface area contributed by atoms with Crippen LogP contribution >= 0.6 is 0 Å². The lowest BCUT2D eigenvalue weighted by atomic mass is 9.98. The van der Waals surface area contributed by atoms with Crippen LogP contribution in [0.5, 0.6) is 0 Å². The van der Waals surface area contributed by atoms with Crippen molar-refractivity contribution in [2.75, 3.05) is 19.6 Å². The Labute approximate surface area is 114 Å². The normalized spacial score (nSPS) is 26.4. The Morgan fingerprint density at radius 1 is 1.26 bits per heavy atom. The van der Waals surface area contributed by atoms with Crippen LogP contribution in [-0.4, -0.2) is 40.7 Å². The molecule has 0 aliphatic carbocycles. The SMILES string of the molecule is CC(C)N1CCCC1c1noc(C2CCNCC2)n1. The molecule has 1 aromatic rings. The van der Waals surface area contributed by atoms with Crippen LogP contribution in [0.15, 0.2) is 4.52 Å². The van der Waals surface area contributed by atoms with Gasteiger partial charge in [-0.2, -0.15) is 4.98 Å². The van der Waals surface area contributed by atoms with Gasteiger partial charge >= 0.3 is 0 Å². The topological polar surface area (TPSA) is 54.2 Å². The van der Waals surface area contributed by atoms with Crippen LogP contribution in [0.1, 0.15) is 63.2 Å². The molecule has 0 spiro atoms. The Bertz CT molecular complexity index is 411. The molecular weight excluding hydrogens is 240 g/mol. The molecule has 5 nitrogen and oxygen atoms in total. The summed E-state index contributed by atoms with van der Waals surface area (Å²) in [5, 5.41) is 7.63. The Balaban J connectivity index is 1.73. The van der Waals surface area contributed by atoms with Crippen LogP contribution in [0.3, 0.4) is 0 Å². The third kappa shape index (κ3) is 2.67. The summed E-state index contributed by atoms with van der Waals surface area (Å²) in [7, 11) is 0. The molecule has 106 valence electrons. The van der Waals surface area contributed by atoms with Crippen molar-refractivity contribution in [2.24, 2.45) is 0 Å². The maximum absolute atomic E-state index is 5.53. The average Bonchev–Trinajstić information content (AvgIpc) is 3.08. The predicted octanol–water partition coefficient (Wildman–Crippen LogP) is 2.08. The van der Waals surface area contributed by atoms with Crippen LogP contribution in [0.25, 0.3) is 0 Å². The molecule has 1 atom stereocenters. The van der Waals surface area contributed by atoms with E-state index in [-0.39, 0.29) is 0 Å². The first-order valence-electron chi connectivity index (χ1n) is 7.55. The van der Waals surface area contributed by atoms with Crippen molar-refractivity contribution < 1.29 is 4.52 Å². The molecule has 19 heavy (non-hydrogen) atoms. The third-order valence-corrected chi connectivity index (χ3v) is 4.40. The second-order valence-electron chi connectivity index (χ2n) is 6.00. The Kier molecular flexibility index (Phi) is 3.84. The maximum Gasteiger partial charge on any atom is 0.229 e. The number of aromatic nitrogens is 2. The second-order valence-corrected chi connectivity index (χ2v) is 6.00. The number of hydrogen-bond acceptors (Lipinski definition) is 5. The predicted molar refractivity (Wildman–Crippen MR) is 73.0 cm³/mol. The van der Waals surface area contributed by atoms with Gasteiger partial charge < -0.3 is 9.84 Å². The Morgan fingerprint density at radius 2 is 2.05 bits per heavy atom. The van der Waals surface area contributed by atoms with Crippen molar-refractivity contribution in [3.8, 4) is 0 Å². The first-order valence-corrected chi connectivity index (χ1v) is 7.55. The molecule has 2 saturated heterocycles. The van der Waals surface area contributed by atoms with Gasteiger partial charge in [-0.05, 0) is 59.2 Å². The van der Waals surface area contributed by atoms with E-state index in [1.165, 1.54) is 6.42 Å². The fourth-order valence-corrected chi connectivity index (χ4v) is 3.30. The summed E-state index contributed by atoms with van der Waals surface area (Å²) in [5.74, 6) is 2.21. The van der Waals surface area contributed by atoms with Crippen molar-refractivity contribution in [3.05, 3.63) is 11.7 Å². The lowest BCUT2D eigenvalue weighted by Gasteiger charge is -2.25. The minimum atomic E-state index is 0.360. The van der Waals surface area contributed by atoms with E-state index in [4.69, 9.17) is 9.51 Å². The molecule has 1 aromatic heterocycles. The summed E-state index contributed by atoms with van der Waals surface area (Å²) in [6.07, 6.45) is 4.61. The third-order valence-electron chi connectivity index (χ3n) is 4.40. The molecule has 1 N–H and O–H groups in total. The molecule has 0 bridgehead atoms. The summed E-state index contributed by atoms with van der Waals surface area (Å²) in [6, 6.07) is 0.910. The summed E-state index contributed by atoms with van der Waals surface area (Å²) >= 11 is 0. The van der Waals surface area contributed by atoms with Gasteiger partial charge in [-0.1, -0.05) is 5.16 Å². The summed E-state index contributed by atoms with van der Waals surface area (Å²) < 4.78 is 5.53. The largest absolute Gasteiger partial charge is 0.339 e. The summed E-state index contributed by atoms with van der Waals surface area (Å²) in [4.78, 5) is 7.18. The van der Waals surface area contributed by atoms with Gasteiger partial charge in [0, 0.05) is 12.0 Å². The molecule has 0 saturated carbocycles. The Morgan fingerprint density at radius 3 is 2.79 bits per heavy atom. The van der Waals surface area contributed by atoms with Crippen LogP contribution < -0.4 is 5.32 Å². The van der Waals surface area contributed by atoms with Crippen molar-refractivity contribution in [1.29, 1.82) is 0 Å². The molecule has 5 heteroatoms. The van der Waals surface area contributed by atoms with E-state index in [0.29, 0.717) is 18.0 Å². The molecule has 3 rings (SSSR count). The van der Waals surface area contributed by atoms with Crippen molar-refractivity contribution in [2.45, 2.75) is 57.5 Å². The number of rotatable bonds is 3. The molecule has 0 radical (unpaired) electrons. The summed E-state index contributed by atoms with van der Waals surface area (Å²) in [6.45, 7) is 7.76. The van der Waals surface area contributed by atoms with Crippen molar-refractivity contribution in [3.63, 3.8) is 0 Å². The quantitative estimate of drug-likeness (QED) is 0.906. The van der Waals surface area contributed by atoms with Gasteiger partial charge in [-0.3, -0.25) is 4.90 Å². The van der Waals surface area contributed by atoms with Crippen molar-refractivity contribution in [1.82, 2.24) is 20.4 Å². The van der Waals surface area contributed by atoms with Crippen LogP contribution in [0, 0.1) is 0 Å². The Hall–Kier alpha value is -0.940. The van der Waals surface area contributed by atoms with E-state index < -0.39 is 0 Å².